The Bertz CT molecular complexity index is 839. The Morgan fingerprint density at radius 1 is 1.23 bits per heavy atom. The normalized spacial score (nSPS) is 17.3. The highest BCUT2D eigenvalue weighted by molar-refractivity contribution is 8.23. The summed E-state index contributed by atoms with van der Waals surface area (Å²) in [5, 5.41) is 12.2. The van der Waals surface area contributed by atoms with E-state index in [4.69, 9.17) is 4.74 Å². The largest absolute Gasteiger partial charge is 0.489 e. The van der Waals surface area contributed by atoms with Gasteiger partial charge in [0.1, 0.15) is 29.0 Å². The van der Waals surface area contributed by atoms with Crippen LogP contribution in [0.1, 0.15) is 18.9 Å². The third-order valence-corrected chi connectivity index (χ3v) is 5.40. The van der Waals surface area contributed by atoms with Gasteiger partial charge in [-0.25, -0.2) is 0 Å². The van der Waals surface area contributed by atoms with Gasteiger partial charge in [0.05, 0.1) is 5.69 Å². The molecule has 1 atom stereocenters. The van der Waals surface area contributed by atoms with Gasteiger partial charge < -0.3 is 15.2 Å². The van der Waals surface area contributed by atoms with Gasteiger partial charge >= 0.3 is 5.97 Å². The van der Waals surface area contributed by atoms with Crippen LogP contribution in [0, 0.1) is 5.92 Å². The van der Waals surface area contributed by atoms with Crippen LogP contribution in [0.2, 0.25) is 0 Å². The van der Waals surface area contributed by atoms with E-state index in [1.165, 1.54) is 6.07 Å². The van der Waals surface area contributed by atoms with E-state index in [9.17, 15) is 19.0 Å². The van der Waals surface area contributed by atoms with Crippen molar-refractivity contribution in [2.75, 3.05) is 5.32 Å². The fraction of sp³-hybridized carbons (Fsp3) is 0.222. The van der Waals surface area contributed by atoms with E-state index in [-0.39, 0.29) is 17.2 Å². The molecule has 2 aromatic carbocycles. The number of carbonyl (C=O) groups is 1. The van der Waals surface area contributed by atoms with E-state index in [1.54, 1.807) is 19.1 Å². The molecule has 0 bridgehead atoms. The number of rotatable bonds is 6. The molecule has 1 aliphatic heterocycles. The number of nitrogens with one attached hydrogen (secondary N) is 1. The lowest BCUT2D eigenvalue weighted by Gasteiger charge is -2.35. The Balaban J connectivity index is 1.83. The van der Waals surface area contributed by atoms with Crippen LogP contribution in [-0.4, -0.2) is 26.0 Å². The monoisotopic (exact) mass is 376 g/mol. The van der Waals surface area contributed by atoms with E-state index >= 15 is 0 Å². The van der Waals surface area contributed by atoms with Crippen molar-refractivity contribution in [3.8, 4) is 5.75 Å². The minimum absolute atomic E-state index is 0.0467. The fourth-order valence-electron chi connectivity index (χ4n) is 2.65. The molecule has 0 amide bonds. The molecule has 1 unspecified atom stereocenters. The number of amidine groups is 1. The van der Waals surface area contributed by atoms with Gasteiger partial charge in [-0.3, -0.25) is 13.9 Å². The zero-order valence-electron chi connectivity index (χ0n) is 14.1. The maximum Gasteiger partial charge on any atom is 0.314 e. The molecule has 3 rings (SSSR count). The van der Waals surface area contributed by atoms with Crippen molar-refractivity contribution in [3.63, 3.8) is 0 Å². The Morgan fingerprint density at radius 2 is 1.96 bits per heavy atom. The summed E-state index contributed by atoms with van der Waals surface area (Å²) in [6, 6.07) is 14.4. The number of nitrogens with zero attached hydrogens (tertiary/aromatic N) is 1. The summed E-state index contributed by atoms with van der Waals surface area (Å²) in [5.41, 5.74) is 1.41. The second kappa shape index (κ2) is 7.36. The third kappa shape index (κ3) is 3.82. The van der Waals surface area contributed by atoms with Crippen LogP contribution in [0.5, 0.6) is 5.75 Å². The number of hydrogen-bond acceptors (Lipinski definition) is 6. The van der Waals surface area contributed by atoms with Crippen molar-refractivity contribution in [1.29, 1.82) is 0 Å². The van der Waals surface area contributed by atoms with Gasteiger partial charge in [-0.15, -0.1) is 4.40 Å². The smallest absolute Gasteiger partial charge is 0.314 e. The molecule has 138 valence electrons. The van der Waals surface area contributed by atoms with Crippen LogP contribution in [0.15, 0.2) is 57.8 Å². The van der Waals surface area contributed by atoms with Crippen LogP contribution in [-0.2, 0) is 11.4 Å². The zero-order valence-corrected chi connectivity index (χ0v) is 14.9. The van der Waals surface area contributed by atoms with E-state index in [2.05, 4.69) is 9.71 Å². The summed E-state index contributed by atoms with van der Waals surface area (Å²) in [5.74, 6) is -1.48. The minimum atomic E-state index is -3.50. The van der Waals surface area contributed by atoms with E-state index in [0.717, 1.165) is 5.56 Å². The van der Waals surface area contributed by atoms with Gasteiger partial charge in [0.15, 0.2) is 0 Å². The molecule has 2 aromatic rings. The Labute approximate surface area is 152 Å². The Hall–Kier alpha value is -2.55. The molecule has 0 spiro atoms. The lowest BCUT2D eigenvalue weighted by Crippen LogP contribution is -2.32. The first-order chi connectivity index (χ1) is 12.4. The van der Waals surface area contributed by atoms with Crippen molar-refractivity contribution in [3.05, 3.63) is 54.1 Å². The highest BCUT2D eigenvalue weighted by Crippen LogP contribution is 2.56. The van der Waals surface area contributed by atoms with Gasteiger partial charge in [0.25, 0.3) is 0 Å². The second-order valence-electron chi connectivity index (χ2n) is 5.85. The van der Waals surface area contributed by atoms with E-state index < -0.39 is 22.7 Å². The molecule has 0 aliphatic carbocycles. The fourth-order valence-corrected chi connectivity index (χ4v) is 3.88. The van der Waals surface area contributed by atoms with Gasteiger partial charge in [-0.1, -0.05) is 48.0 Å². The summed E-state index contributed by atoms with van der Waals surface area (Å²) in [6.45, 7) is 2.04. The molecule has 0 saturated heterocycles. The number of benzene rings is 2. The van der Waals surface area contributed by atoms with Gasteiger partial charge in [-0.05, 0) is 24.1 Å². The van der Waals surface area contributed by atoms with Crippen molar-refractivity contribution in [1.82, 2.24) is 0 Å². The van der Waals surface area contributed by atoms with Crippen molar-refractivity contribution in [2.45, 2.75) is 24.8 Å². The molecular formula is C18H20N2O5S. The molecule has 1 aliphatic rings. The maximum absolute atomic E-state index is 11.3. The van der Waals surface area contributed by atoms with E-state index in [0.29, 0.717) is 18.0 Å². The quantitative estimate of drug-likeness (QED) is 0.600. The van der Waals surface area contributed by atoms with Crippen LogP contribution in [0.25, 0.3) is 0 Å². The highest BCUT2D eigenvalue weighted by atomic mass is 32.3. The van der Waals surface area contributed by atoms with Crippen LogP contribution in [0.3, 0.4) is 0 Å². The minimum Gasteiger partial charge on any atom is -0.489 e. The molecule has 1 heterocycles. The Kier molecular flexibility index (Phi) is 5.17. The lowest BCUT2D eigenvalue weighted by atomic mass is 10.1. The molecule has 26 heavy (non-hydrogen) atoms. The second-order valence-corrected chi connectivity index (χ2v) is 7.51. The number of fused-ring (bicyclic) bond motifs is 1. The summed E-state index contributed by atoms with van der Waals surface area (Å²) >= 11 is 0. The summed E-state index contributed by atoms with van der Waals surface area (Å²) in [4.78, 5) is 11.5. The predicted molar refractivity (Wildman–Crippen MR) is 101 cm³/mol. The number of ether oxygens (including phenoxy) is 1. The van der Waals surface area contributed by atoms with Gasteiger partial charge in [0.2, 0.25) is 0 Å². The summed E-state index contributed by atoms with van der Waals surface area (Å²) in [7, 11) is -3.50. The third-order valence-electron chi connectivity index (χ3n) is 4.02. The maximum atomic E-state index is 11.3. The standard InChI is InChI=1S/C18H20N2O5S/c1-2-14(18(21)22)17-19-15-9-8-13(10-16(15)26(23,24)20-17)25-11-12-6-4-3-5-7-12/h3-10,14,23-24H,2,11H2,1H3,(H,19,20)(H,21,22). The number of carboxylic acid groups (broad SMARTS) is 1. The van der Waals surface area contributed by atoms with Crippen molar-refractivity contribution < 1.29 is 23.7 Å². The van der Waals surface area contributed by atoms with Crippen LogP contribution >= 0.6 is 10.8 Å². The number of hydrogen-bond donors (Lipinski definition) is 4. The molecule has 0 fully saturated rings. The first kappa shape index (κ1) is 18.2. The summed E-state index contributed by atoms with van der Waals surface area (Å²) < 4.78 is 30.4. The number of carboxylic acids is 1. The molecule has 0 saturated carbocycles. The van der Waals surface area contributed by atoms with E-state index in [1.807, 2.05) is 30.3 Å². The number of aliphatic carboxylic acids is 1. The molecular weight excluding hydrogens is 356 g/mol. The van der Waals surface area contributed by atoms with Crippen molar-refractivity contribution >= 4 is 28.3 Å². The highest BCUT2D eigenvalue weighted by Gasteiger charge is 2.32. The topological polar surface area (TPSA) is 111 Å². The first-order valence-electron chi connectivity index (χ1n) is 8.09. The van der Waals surface area contributed by atoms with Gasteiger partial charge in [-0.2, -0.15) is 0 Å². The van der Waals surface area contributed by atoms with Crippen LogP contribution in [0.4, 0.5) is 5.69 Å². The predicted octanol–water partition coefficient (Wildman–Crippen LogP) is 4.22. The first-order valence-corrected chi connectivity index (χ1v) is 9.59. The zero-order chi connectivity index (χ0) is 18.7. The number of anilines is 1. The average Bonchev–Trinajstić information content (AvgIpc) is 2.61. The summed E-state index contributed by atoms with van der Waals surface area (Å²) in [6.07, 6.45) is 0.282. The SMILES string of the molecule is CCC(C(=O)O)C1=NS(O)(O)c2cc(OCc3ccccc3)ccc2N1. The molecule has 7 nitrogen and oxygen atoms in total. The van der Waals surface area contributed by atoms with Gasteiger partial charge in [0, 0.05) is 6.07 Å². The molecule has 4 N–H and O–H groups in total. The molecule has 0 aromatic heterocycles. The average molecular weight is 376 g/mol. The molecule has 0 radical (unpaired) electrons. The molecule has 8 heteroatoms. The van der Waals surface area contributed by atoms with Crippen molar-refractivity contribution in [2.24, 2.45) is 10.3 Å². The van der Waals surface area contributed by atoms with Crippen LogP contribution < -0.4 is 10.1 Å². The lowest BCUT2D eigenvalue weighted by molar-refractivity contribution is -0.139. The Morgan fingerprint density at radius 3 is 2.62 bits per heavy atom.